The Labute approximate surface area is 201 Å². The number of anilines is 2. The van der Waals surface area contributed by atoms with Crippen LogP contribution in [0.4, 0.5) is 11.6 Å². The molecule has 0 bridgehead atoms. The summed E-state index contributed by atoms with van der Waals surface area (Å²) in [4.78, 5) is 6.64. The minimum absolute atomic E-state index is 0.283. The second-order valence-corrected chi connectivity index (χ2v) is 11.2. The lowest BCUT2D eigenvalue weighted by molar-refractivity contribution is 0.444. The molecule has 0 spiro atoms. The van der Waals surface area contributed by atoms with Gasteiger partial charge in [-0.1, -0.05) is 37.3 Å². The molecule has 2 aromatic heterocycles. The maximum Gasteiger partial charge on any atom is 0.248 e. The van der Waals surface area contributed by atoms with Crippen LogP contribution in [-0.4, -0.2) is 50.5 Å². The molecule has 3 unspecified atom stereocenters. The predicted octanol–water partition coefficient (Wildman–Crippen LogP) is 3.25. The molecule has 2 N–H and O–H groups in total. The fourth-order valence-electron chi connectivity index (χ4n) is 3.84. The fourth-order valence-corrected chi connectivity index (χ4v) is 4.28. The van der Waals surface area contributed by atoms with Gasteiger partial charge in [-0.05, 0) is 48.8 Å². The highest BCUT2D eigenvalue weighted by Gasteiger charge is 2.33. The Morgan fingerprint density at radius 3 is 2.47 bits per heavy atom. The molecule has 10 heteroatoms. The van der Waals surface area contributed by atoms with E-state index >= 15 is 0 Å². The van der Waals surface area contributed by atoms with Crippen LogP contribution in [0.1, 0.15) is 37.3 Å². The van der Waals surface area contributed by atoms with Gasteiger partial charge in [0.25, 0.3) is 0 Å². The molecule has 1 aromatic carbocycles. The molecule has 3 aromatic rings. The smallest absolute Gasteiger partial charge is 0.248 e. The highest BCUT2D eigenvalue weighted by molar-refractivity contribution is 7.92. The maximum atomic E-state index is 12.2. The minimum atomic E-state index is -3.49. The summed E-state index contributed by atoms with van der Waals surface area (Å²) in [6.45, 7) is 3.07. The first-order valence-electron chi connectivity index (χ1n) is 11.4. The molecule has 0 saturated heterocycles. The summed E-state index contributed by atoms with van der Waals surface area (Å²) in [5.41, 5.74) is 8.11. The second kappa shape index (κ2) is 9.71. The van der Waals surface area contributed by atoms with Crippen LogP contribution >= 0.6 is 0 Å². The van der Waals surface area contributed by atoms with E-state index in [0.717, 1.165) is 23.5 Å². The van der Waals surface area contributed by atoms with E-state index in [1.807, 2.05) is 36.2 Å². The molecule has 2 heterocycles. The molecule has 1 fully saturated rings. The first-order chi connectivity index (χ1) is 16.1. The van der Waals surface area contributed by atoms with E-state index in [-0.39, 0.29) is 5.89 Å². The zero-order valence-electron chi connectivity index (χ0n) is 20.0. The third-order valence-corrected chi connectivity index (χ3v) is 7.57. The molecule has 0 radical (unpaired) electrons. The first-order valence-corrected chi connectivity index (χ1v) is 13.3. The van der Waals surface area contributed by atoms with Gasteiger partial charge in [-0.15, -0.1) is 10.2 Å². The molecule has 1 aliphatic rings. The van der Waals surface area contributed by atoms with Gasteiger partial charge in [-0.25, -0.2) is 13.4 Å². The lowest BCUT2D eigenvalue weighted by Gasteiger charge is -2.22. The topological polar surface area (TPSA) is 118 Å². The molecular formula is C24H32N6O3S. The molecule has 9 nitrogen and oxygen atoms in total. The number of hydrogen-bond donors (Lipinski definition) is 1. The number of aromatic nitrogens is 3. The van der Waals surface area contributed by atoms with Crippen molar-refractivity contribution in [3.05, 3.63) is 53.9 Å². The average Bonchev–Trinajstić information content (AvgIpc) is 3.29. The summed E-state index contributed by atoms with van der Waals surface area (Å²) in [6, 6.07) is 13.2. The predicted molar refractivity (Wildman–Crippen MR) is 133 cm³/mol. The zero-order chi connectivity index (χ0) is 24.5. The Kier molecular flexibility index (Phi) is 6.90. The number of benzene rings is 1. The van der Waals surface area contributed by atoms with E-state index in [1.165, 1.54) is 19.0 Å². The van der Waals surface area contributed by atoms with Gasteiger partial charge < -0.3 is 15.1 Å². The third kappa shape index (κ3) is 5.74. The minimum Gasteiger partial charge on any atom is -0.419 e. The molecule has 34 heavy (non-hydrogen) atoms. The van der Waals surface area contributed by atoms with E-state index in [4.69, 9.17) is 10.2 Å². The van der Waals surface area contributed by atoms with Crippen LogP contribution in [0.3, 0.4) is 0 Å². The fraction of sp³-hybridized carbons (Fsp3) is 0.458. The summed E-state index contributed by atoms with van der Waals surface area (Å²) in [5, 5.41) is 8.36. The molecule has 3 atom stereocenters. The highest BCUT2D eigenvalue weighted by atomic mass is 32.2. The number of aryl methyl sites for hydroxylation is 1. The van der Waals surface area contributed by atoms with Crippen molar-refractivity contribution in [1.82, 2.24) is 15.2 Å². The standard InChI is InChI=1S/C24H32N6O3S/c1-16-12-19(16)15-29(2)21-13-18(14-22(26-21)30(3)34(4,31)32)23-27-28-24(33-23)20(25)11-10-17-8-6-5-7-9-17/h5-9,13-14,16,19-20H,10-12,15,25H2,1-4H3. The summed E-state index contributed by atoms with van der Waals surface area (Å²) in [5.74, 6) is 2.88. The van der Waals surface area contributed by atoms with E-state index in [9.17, 15) is 8.42 Å². The Morgan fingerprint density at radius 1 is 1.15 bits per heavy atom. The lowest BCUT2D eigenvalue weighted by atomic mass is 10.1. The van der Waals surface area contributed by atoms with Crippen molar-refractivity contribution >= 4 is 21.7 Å². The molecule has 182 valence electrons. The monoisotopic (exact) mass is 484 g/mol. The van der Waals surface area contributed by atoms with Crippen LogP contribution in [0.2, 0.25) is 0 Å². The first kappa shape index (κ1) is 24.2. The van der Waals surface area contributed by atoms with Gasteiger partial charge in [0.15, 0.2) is 0 Å². The van der Waals surface area contributed by atoms with Gasteiger partial charge >= 0.3 is 0 Å². The summed E-state index contributed by atoms with van der Waals surface area (Å²) in [6.07, 6.45) is 3.80. The third-order valence-electron chi connectivity index (χ3n) is 6.39. The molecule has 4 rings (SSSR count). The normalized spacial score (nSPS) is 18.5. The van der Waals surface area contributed by atoms with Gasteiger partial charge in [0.1, 0.15) is 11.6 Å². The Hall–Kier alpha value is -2.98. The van der Waals surface area contributed by atoms with Crippen LogP contribution < -0.4 is 14.9 Å². The van der Waals surface area contributed by atoms with Crippen LogP contribution in [0, 0.1) is 11.8 Å². The van der Waals surface area contributed by atoms with E-state index < -0.39 is 16.1 Å². The van der Waals surface area contributed by atoms with Crippen molar-refractivity contribution in [1.29, 1.82) is 0 Å². The lowest BCUT2D eigenvalue weighted by Crippen LogP contribution is -2.27. The van der Waals surface area contributed by atoms with Crippen LogP contribution in [0.5, 0.6) is 0 Å². The SMILES string of the molecule is CC1CC1CN(C)c1cc(-c2nnc(C(N)CCc3ccccc3)o2)cc(N(C)S(C)(=O)=O)n1. The van der Waals surface area contributed by atoms with Crippen LogP contribution in [0.15, 0.2) is 46.9 Å². The Morgan fingerprint density at radius 2 is 1.82 bits per heavy atom. The molecule has 0 amide bonds. The van der Waals surface area contributed by atoms with Crippen molar-refractivity contribution in [2.45, 2.75) is 32.2 Å². The molecular weight excluding hydrogens is 452 g/mol. The van der Waals surface area contributed by atoms with Crippen molar-refractivity contribution < 1.29 is 12.8 Å². The van der Waals surface area contributed by atoms with Gasteiger partial charge in [0.2, 0.25) is 21.8 Å². The van der Waals surface area contributed by atoms with Crippen LogP contribution in [0.25, 0.3) is 11.5 Å². The largest absolute Gasteiger partial charge is 0.419 e. The number of nitrogens with two attached hydrogens (primary N) is 1. The quantitative estimate of drug-likeness (QED) is 0.466. The van der Waals surface area contributed by atoms with Gasteiger partial charge in [-0.2, -0.15) is 0 Å². The van der Waals surface area contributed by atoms with Crippen molar-refractivity contribution in [2.24, 2.45) is 17.6 Å². The van der Waals surface area contributed by atoms with Crippen molar-refractivity contribution in [3.63, 3.8) is 0 Å². The molecule has 1 aliphatic carbocycles. The van der Waals surface area contributed by atoms with Crippen molar-refractivity contribution in [3.8, 4) is 11.5 Å². The Bertz CT molecular complexity index is 1230. The maximum absolute atomic E-state index is 12.2. The second-order valence-electron chi connectivity index (χ2n) is 9.23. The zero-order valence-corrected chi connectivity index (χ0v) is 20.9. The average molecular weight is 485 g/mol. The Balaban J connectivity index is 1.58. The molecule has 1 saturated carbocycles. The highest BCUT2D eigenvalue weighted by Crippen LogP contribution is 2.39. The van der Waals surface area contributed by atoms with E-state index in [1.54, 1.807) is 6.07 Å². The summed E-state index contributed by atoms with van der Waals surface area (Å²) < 4.78 is 31.4. The van der Waals surface area contributed by atoms with Gasteiger partial charge in [-0.3, -0.25) is 4.31 Å². The summed E-state index contributed by atoms with van der Waals surface area (Å²) in [7, 11) is -0.0555. The number of pyridine rings is 1. The number of nitrogens with zero attached hydrogens (tertiary/aromatic N) is 5. The van der Waals surface area contributed by atoms with E-state index in [0.29, 0.717) is 41.3 Å². The number of hydrogen-bond acceptors (Lipinski definition) is 8. The number of sulfonamides is 1. The van der Waals surface area contributed by atoms with Crippen molar-refractivity contribution in [2.75, 3.05) is 36.1 Å². The van der Waals surface area contributed by atoms with Crippen LogP contribution in [-0.2, 0) is 16.4 Å². The summed E-state index contributed by atoms with van der Waals surface area (Å²) >= 11 is 0. The van der Waals surface area contributed by atoms with Gasteiger partial charge in [0, 0.05) is 26.2 Å². The van der Waals surface area contributed by atoms with E-state index in [2.05, 4.69) is 34.2 Å². The molecule has 0 aliphatic heterocycles. The number of rotatable bonds is 10. The van der Waals surface area contributed by atoms with Gasteiger partial charge in [0.05, 0.1) is 12.3 Å².